The summed E-state index contributed by atoms with van der Waals surface area (Å²) < 4.78 is 37.1. The summed E-state index contributed by atoms with van der Waals surface area (Å²) in [6, 6.07) is 0.243. The maximum atomic E-state index is 12.4. The average molecular weight is 279 g/mol. The number of aromatic nitrogens is 1. The molecule has 1 aromatic heterocycles. The molecule has 1 aromatic rings. The van der Waals surface area contributed by atoms with Crippen LogP contribution in [0.15, 0.2) is 6.20 Å². The van der Waals surface area contributed by atoms with E-state index < -0.39 is 11.1 Å². The first-order valence-corrected chi connectivity index (χ1v) is 6.21. The highest BCUT2D eigenvalue weighted by Crippen LogP contribution is 2.35. The van der Waals surface area contributed by atoms with Gasteiger partial charge in [0.25, 0.3) is 0 Å². The summed E-state index contributed by atoms with van der Waals surface area (Å²) >= 11 is 0.534. The normalized spacial score (nSPS) is 15.6. The molecule has 1 fully saturated rings. The zero-order valence-corrected chi connectivity index (χ0v) is 10.4. The second-order valence-corrected chi connectivity index (χ2v) is 5.21. The van der Waals surface area contributed by atoms with Gasteiger partial charge in [-0.1, -0.05) is 11.3 Å². The summed E-state index contributed by atoms with van der Waals surface area (Å²) in [4.78, 5) is 15.8. The number of amides is 1. The van der Waals surface area contributed by atoms with Crippen LogP contribution in [0.3, 0.4) is 0 Å². The molecule has 0 bridgehead atoms. The number of halogens is 3. The van der Waals surface area contributed by atoms with E-state index in [1.807, 2.05) is 0 Å². The summed E-state index contributed by atoms with van der Waals surface area (Å²) in [5.74, 6) is -0.191. The van der Waals surface area contributed by atoms with E-state index in [0.717, 1.165) is 19.0 Å². The van der Waals surface area contributed by atoms with Crippen LogP contribution < -0.4 is 10.2 Å². The lowest BCUT2D eigenvalue weighted by molar-refractivity contribution is -0.134. The number of anilines is 1. The average Bonchev–Trinajstić information content (AvgIpc) is 2.91. The molecule has 0 saturated heterocycles. The number of carbonyl (C=O) groups excluding carboxylic acids is 1. The van der Waals surface area contributed by atoms with Crippen molar-refractivity contribution >= 4 is 22.4 Å². The third-order valence-corrected chi connectivity index (χ3v) is 3.58. The Morgan fingerprint density at radius 3 is 2.78 bits per heavy atom. The van der Waals surface area contributed by atoms with Crippen molar-refractivity contribution in [1.29, 1.82) is 0 Å². The predicted octanol–water partition coefficient (Wildman–Crippen LogP) is 1.88. The molecule has 100 valence electrons. The van der Waals surface area contributed by atoms with Gasteiger partial charge in [0.2, 0.25) is 5.91 Å². The zero-order chi connectivity index (χ0) is 13.3. The van der Waals surface area contributed by atoms with Gasteiger partial charge in [0, 0.05) is 13.1 Å². The number of hydrogen-bond donors (Lipinski definition) is 1. The Labute approximate surface area is 106 Å². The van der Waals surface area contributed by atoms with Gasteiger partial charge in [0.1, 0.15) is 4.88 Å². The third kappa shape index (κ3) is 3.34. The van der Waals surface area contributed by atoms with Gasteiger partial charge in [-0.3, -0.25) is 4.79 Å². The minimum Gasteiger partial charge on any atom is -0.352 e. The fourth-order valence-corrected chi connectivity index (χ4v) is 2.10. The van der Waals surface area contributed by atoms with Gasteiger partial charge in [-0.15, -0.1) is 0 Å². The molecule has 1 N–H and O–H groups in total. The van der Waals surface area contributed by atoms with E-state index >= 15 is 0 Å². The molecule has 2 rings (SSSR count). The summed E-state index contributed by atoms with van der Waals surface area (Å²) in [6.07, 6.45) is -1.64. The van der Waals surface area contributed by atoms with Gasteiger partial charge in [-0.05, 0) is 12.8 Å². The molecule has 1 amide bonds. The largest absolute Gasteiger partial charge is 0.427 e. The van der Waals surface area contributed by atoms with Crippen molar-refractivity contribution in [3.05, 3.63) is 11.1 Å². The van der Waals surface area contributed by atoms with Crippen LogP contribution in [0.2, 0.25) is 0 Å². The highest BCUT2D eigenvalue weighted by Gasteiger charge is 2.33. The molecule has 1 aliphatic carbocycles. The smallest absolute Gasteiger partial charge is 0.352 e. The molecule has 0 aromatic carbocycles. The van der Waals surface area contributed by atoms with E-state index in [1.165, 1.54) is 4.90 Å². The SMILES string of the molecule is CN(CC(=O)NC1CC1)c1ncc(C(F)(F)F)s1. The number of rotatable bonds is 4. The summed E-state index contributed by atoms with van der Waals surface area (Å²) in [7, 11) is 1.55. The molecular weight excluding hydrogens is 267 g/mol. The van der Waals surface area contributed by atoms with Crippen LogP contribution >= 0.6 is 11.3 Å². The van der Waals surface area contributed by atoms with Crippen LogP contribution in [0.5, 0.6) is 0 Å². The maximum Gasteiger partial charge on any atom is 0.427 e. The van der Waals surface area contributed by atoms with Crippen molar-refractivity contribution < 1.29 is 18.0 Å². The van der Waals surface area contributed by atoms with Gasteiger partial charge < -0.3 is 10.2 Å². The van der Waals surface area contributed by atoms with Crippen molar-refractivity contribution in [1.82, 2.24) is 10.3 Å². The molecular formula is C10H12F3N3OS. The first-order valence-electron chi connectivity index (χ1n) is 5.40. The number of hydrogen-bond acceptors (Lipinski definition) is 4. The summed E-state index contributed by atoms with van der Waals surface area (Å²) in [5.41, 5.74) is 0. The van der Waals surface area contributed by atoms with Crippen molar-refractivity contribution in [3.63, 3.8) is 0 Å². The lowest BCUT2D eigenvalue weighted by Crippen LogP contribution is -2.36. The lowest BCUT2D eigenvalue weighted by Gasteiger charge is -2.14. The number of carbonyl (C=O) groups is 1. The van der Waals surface area contributed by atoms with Gasteiger partial charge in [0.05, 0.1) is 12.7 Å². The number of nitrogens with zero attached hydrogens (tertiary/aromatic N) is 2. The standard InChI is InChI=1S/C10H12F3N3OS/c1-16(5-8(17)15-6-2-3-6)9-14-4-7(18-9)10(11,12)13/h4,6H,2-3,5H2,1H3,(H,15,17). The first kappa shape index (κ1) is 13.1. The van der Waals surface area contributed by atoms with E-state index in [4.69, 9.17) is 0 Å². The Morgan fingerprint density at radius 1 is 1.61 bits per heavy atom. The molecule has 0 radical (unpaired) electrons. The van der Waals surface area contributed by atoms with E-state index in [0.29, 0.717) is 11.3 Å². The lowest BCUT2D eigenvalue weighted by atomic mass is 10.5. The Hall–Kier alpha value is -1.31. The first-order chi connectivity index (χ1) is 8.36. The van der Waals surface area contributed by atoms with Crippen molar-refractivity contribution in [2.24, 2.45) is 0 Å². The third-order valence-electron chi connectivity index (χ3n) is 2.42. The molecule has 0 atom stereocenters. The second-order valence-electron chi connectivity index (χ2n) is 4.20. The Balaban J connectivity index is 1.93. The van der Waals surface area contributed by atoms with Crippen molar-refractivity contribution in [2.45, 2.75) is 25.1 Å². The molecule has 4 nitrogen and oxygen atoms in total. The topological polar surface area (TPSA) is 45.2 Å². The van der Waals surface area contributed by atoms with Crippen molar-refractivity contribution in [2.75, 3.05) is 18.5 Å². The molecule has 0 aliphatic heterocycles. The van der Waals surface area contributed by atoms with Crippen LogP contribution in [0.4, 0.5) is 18.3 Å². The van der Waals surface area contributed by atoms with E-state index in [9.17, 15) is 18.0 Å². The van der Waals surface area contributed by atoms with E-state index in [1.54, 1.807) is 7.05 Å². The highest BCUT2D eigenvalue weighted by molar-refractivity contribution is 7.15. The van der Waals surface area contributed by atoms with Crippen LogP contribution in [-0.4, -0.2) is 30.5 Å². The molecule has 0 spiro atoms. The minimum atomic E-state index is -4.38. The van der Waals surface area contributed by atoms with Crippen LogP contribution in [0, 0.1) is 0 Å². The Kier molecular flexibility index (Phi) is 3.47. The fourth-order valence-electron chi connectivity index (χ4n) is 1.36. The fraction of sp³-hybridized carbons (Fsp3) is 0.600. The highest BCUT2D eigenvalue weighted by atomic mass is 32.1. The zero-order valence-electron chi connectivity index (χ0n) is 9.62. The molecule has 1 aliphatic rings. The summed E-state index contributed by atoms with van der Waals surface area (Å²) in [6.45, 7) is 0.0152. The van der Waals surface area contributed by atoms with E-state index in [-0.39, 0.29) is 23.6 Å². The van der Waals surface area contributed by atoms with Crippen LogP contribution in [0.25, 0.3) is 0 Å². The van der Waals surface area contributed by atoms with Crippen LogP contribution in [-0.2, 0) is 11.0 Å². The molecule has 8 heteroatoms. The minimum absolute atomic E-state index is 0.0152. The van der Waals surface area contributed by atoms with Crippen molar-refractivity contribution in [3.8, 4) is 0 Å². The molecule has 1 saturated carbocycles. The number of likely N-dealkylation sites (N-methyl/N-ethyl adjacent to an activating group) is 1. The molecule has 18 heavy (non-hydrogen) atoms. The Bertz CT molecular complexity index is 442. The van der Waals surface area contributed by atoms with Gasteiger partial charge in [0.15, 0.2) is 5.13 Å². The molecule has 0 unspecified atom stereocenters. The monoisotopic (exact) mass is 279 g/mol. The summed E-state index contributed by atoms with van der Waals surface area (Å²) in [5, 5.41) is 2.95. The predicted molar refractivity (Wildman–Crippen MR) is 61.6 cm³/mol. The Morgan fingerprint density at radius 2 is 2.28 bits per heavy atom. The molecule has 1 heterocycles. The quantitative estimate of drug-likeness (QED) is 0.915. The number of nitrogens with one attached hydrogen (secondary N) is 1. The maximum absolute atomic E-state index is 12.4. The van der Waals surface area contributed by atoms with Gasteiger partial charge >= 0.3 is 6.18 Å². The number of alkyl halides is 3. The van der Waals surface area contributed by atoms with E-state index in [2.05, 4.69) is 10.3 Å². The van der Waals surface area contributed by atoms with Gasteiger partial charge in [-0.2, -0.15) is 13.2 Å². The van der Waals surface area contributed by atoms with Gasteiger partial charge in [-0.25, -0.2) is 4.98 Å². The van der Waals surface area contributed by atoms with Crippen LogP contribution in [0.1, 0.15) is 17.7 Å². The second kappa shape index (κ2) is 4.75. The number of thiazole rings is 1.